The maximum Gasteiger partial charge on any atom is 0.509 e. The fourth-order valence-electron chi connectivity index (χ4n) is 3.02. The van der Waals surface area contributed by atoms with Gasteiger partial charge in [-0.3, -0.25) is 0 Å². The number of rotatable bonds is 9. The van der Waals surface area contributed by atoms with E-state index in [0.29, 0.717) is 24.4 Å². The maximum absolute atomic E-state index is 13.0. The molecule has 0 unspecified atom stereocenters. The first-order valence-corrected chi connectivity index (χ1v) is 11.7. The van der Waals surface area contributed by atoms with E-state index < -0.39 is 29.6 Å². The lowest BCUT2D eigenvalue weighted by molar-refractivity contribution is -0.0455. The highest BCUT2D eigenvalue weighted by atomic mass is 16.7. The van der Waals surface area contributed by atoms with E-state index in [9.17, 15) is 9.59 Å². The predicted molar refractivity (Wildman–Crippen MR) is 135 cm³/mol. The molecule has 8 heteroatoms. The summed E-state index contributed by atoms with van der Waals surface area (Å²) in [5.74, 6) is 0.621. The van der Waals surface area contributed by atoms with Gasteiger partial charge in [0.05, 0.1) is 6.54 Å². The molecular formula is C27H38N2O6. The van der Waals surface area contributed by atoms with Gasteiger partial charge in [-0.25, -0.2) is 9.59 Å². The number of benzene rings is 2. The summed E-state index contributed by atoms with van der Waals surface area (Å²) in [6, 6.07) is 16.6. The van der Waals surface area contributed by atoms with E-state index in [1.165, 1.54) is 4.90 Å². The zero-order chi connectivity index (χ0) is 26.1. The fourth-order valence-corrected chi connectivity index (χ4v) is 3.02. The summed E-state index contributed by atoms with van der Waals surface area (Å²) < 4.78 is 22.3. The second-order valence-electron chi connectivity index (χ2n) is 10.2. The lowest BCUT2D eigenvalue weighted by Crippen LogP contribution is -2.45. The van der Waals surface area contributed by atoms with Crippen molar-refractivity contribution in [2.75, 3.05) is 25.4 Å². The van der Waals surface area contributed by atoms with Gasteiger partial charge in [0.2, 0.25) is 0 Å². The molecule has 2 rings (SSSR count). The molecule has 8 nitrogen and oxygen atoms in total. The van der Waals surface area contributed by atoms with E-state index in [4.69, 9.17) is 24.7 Å². The molecule has 0 bridgehead atoms. The third kappa shape index (κ3) is 11.5. The highest BCUT2D eigenvalue weighted by Gasteiger charge is 2.28. The molecule has 2 aromatic carbocycles. The van der Waals surface area contributed by atoms with Gasteiger partial charge in [-0.1, -0.05) is 30.3 Å². The first-order chi connectivity index (χ1) is 16.3. The number of hydrogen-bond acceptors (Lipinski definition) is 7. The summed E-state index contributed by atoms with van der Waals surface area (Å²) in [7, 11) is 0. The maximum atomic E-state index is 13.0. The molecule has 0 aliphatic rings. The second kappa shape index (κ2) is 12.3. The zero-order valence-electron chi connectivity index (χ0n) is 21.6. The normalized spacial score (nSPS) is 12.4. The molecule has 0 saturated carbocycles. The summed E-state index contributed by atoms with van der Waals surface area (Å²) in [5, 5.41) is 0. The standard InChI is InChI=1S/C27H38N2O6/c1-26(2,3)34-24(30)29(17-16-20-12-14-21(28)15-13-20)18-23(33-25(31)35-27(4,5)6)19-32-22-10-8-7-9-11-22/h7-15,23H,16-19,28H2,1-6H3/t23-/m0/s1. The van der Waals surface area contributed by atoms with Gasteiger partial charge >= 0.3 is 12.2 Å². The largest absolute Gasteiger partial charge is 0.509 e. The Labute approximate surface area is 208 Å². The number of nitrogens with two attached hydrogens (primary N) is 1. The number of nitrogen functional groups attached to an aromatic ring is 1. The quantitative estimate of drug-likeness (QED) is 0.372. The number of para-hydroxylation sites is 1. The highest BCUT2D eigenvalue weighted by Crippen LogP contribution is 2.16. The van der Waals surface area contributed by atoms with Crippen LogP contribution in [-0.2, 0) is 20.6 Å². The van der Waals surface area contributed by atoms with Gasteiger partial charge in [-0.2, -0.15) is 0 Å². The van der Waals surface area contributed by atoms with Crippen LogP contribution in [0.3, 0.4) is 0 Å². The van der Waals surface area contributed by atoms with Crippen LogP contribution in [0.15, 0.2) is 54.6 Å². The number of ether oxygens (including phenoxy) is 4. The monoisotopic (exact) mass is 486 g/mol. The fraction of sp³-hybridized carbons (Fsp3) is 0.481. The molecule has 0 radical (unpaired) electrons. The van der Waals surface area contributed by atoms with Crippen molar-refractivity contribution in [2.24, 2.45) is 0 Å². The predicted octanol–water partition coefficient (Wildman–Crippen LogP) is 5.45. The van der Waals surface area contributed by atoms with Crippen molar-refractivity contribution in [1.82, 2.24) is 4.90 Å². The van der Waals surface area contributed by atoms with Gasteiger partial charge in [-0.05, 0) is 77.8 Å². The minimum atomic E-state index is -0.832. The summed E-state index contributed by atoms with van der Waals surface area (Å²) >= 11 is 0. The Kier molecular flexibility index (Phi) is 9.80. The van der Waals surface area contributed by atoms with Crippen molar-refractivity contribution in [3.8, 4) is 5.75 Å². The van der Waals surface area contributed by atoms with Crippen molar-refractivity contribution in [3.05, 3.63) is 60.2 Å². The number of carbonyl (C=O) groups is 2. The Morgan fingerprint density at radius 2 is 1.49 bits per heavy atom. The molecule has 0 saturated heterocycles. The molecule has 192 valence electrons. The van der Waals surface area contributed by atoms with Crippen LogP contribution in [0, 0.1) is 0 Å². The van der Waals surface area contributed by atoms with E-state index in [1.807, 2.05) is 42.5 Å². The van der Waals surface area contributed by atoms with Crippen LogP contribution < -0.4 is 10.5 Å². The Balaban J connectivity index is 2.18. The van der Waals surface area contributed by atoms with E-state index in [-0.39, 0.29) is 13.2 Å². The molecule has 35 heavy (non-hydrogen) atoms. The molecule has 0 aliphatic heterocycles. The lowest BCUT2D eigenvalue weighted by atomic mass is 10.1. The third-order valence-corrected chi connectivity index (χ3v) is 4.56. The number of anilines is 1. The minimum absolute atomic E-state index is 0.0322. The van der Waals surface area contributed by atoms with Crippen LogP contribution in [0.1, 0.15) is 47.1 Å². The Hall–Kier alpha value is -3.42. The van der Waals surface area contributed by atoms with Crippen LogP contribution in [0.2, 0.25) is 0 Å². The summed E-state index contributed by atoms with van der Waals surface area (Å²) in [5.41, 5.74) is 6.06. The molecule has 2 N–H and O–H groups in total. The molecular weight excluding hydrogens is 448 g/mol. The highest BCUT2D eigenvalue weighted by molar-refractivity contribution is 5.68. The van der Waals surface area contributed by atoms with E-state index in [0.717, 1.165) is 5.56 Å². The van der Waals surface area contributed by atoms with Gasteiger partial charge in [0.25, 0.3) is 0 Å². The van der Waals surface area contributed by atoms with Gasteiger partial charge < -0.3 is 29.6 Å². The summed E-state index contributed by atoms with van der Waals surface area (Å²) in [4.78, 5) is 27.0. The van der Waals surface area contributed by atoms with Crippen molar-refractivity contribution >= 4 is 17.9 Å². The van der Waals surface area contributed by atoms with E-state index in [1.54, 1.807) is 53.7 Å². The second-order valence-corrected chi connectivity index (χ2v) is 10.2. The molecule has 2 aromatic rings. The first kappa shape index (κ1) is 27.8. The molecule has 0 heterocycles. The zero-order valence-corrected chi connectivity index (χ0v) is 21.6. The van der Waals surface area contributed by atoms with Crippen LogP contribution in [-0.4, -0.2) is 54.2 Å². The lowest BCUT2D eigenvalue weighted by Gasteiger charge is -2.30. The van der Waals surface area contributed by atoms with Gasteiger partial charge in [0.15, 0.2) is 6.10 Å². The van der Waals surface area contributed by atoms with E-state index >= 15 is 0 Å². The summed E-state index contributed by atoms with van der Waals surface area (Å²) in [6.45, 7) is 11.1. The molecule has 1 amide bonds. The first-order valence-electron chi connectivity index (χ1n) is 11.7. The van der Waals surface area contributed by atoms with Crippen molar-refractivity contribution in [3.63, 3.8) is 0 Å². The minimum Gasteiger partial charge on any atom is -0.490 e. The van der Waals surface area contributed by atoms with Crippen LogP contribution in [0.5, 0.6) is 5.75 Å². The van der Waals surface area contributed by atoms with Crippen molar-refractivity contribution < 1.29 is 28.5 Å². The number of nitrogens with zero attached hydrogens (tertiary/aromatic N) is 1. The number of carbonyl (C=O) groups excluding carboxylic acids is 2. The van der Waals surface area contributed by atoms with Gasteiger partial charge in [0.1, 0.15) is 23.6 Å². The molecule has 0 aliphatic carbocycles. The van der Waals surface area contributed by atoms with Crippen LogP contribution in [0.4, 0.5) is 15.3 Å². The van der Waals surface area contributed by atoms with E-state index in [2.05, 4.69) is 0 Å². The number of hydrogen-bond donors (Lipinski definition) is 1. The molecule has 0 aromatic heterocycles. The number of amides is 1. The van der Waals surface area contributed by atoms with Crippen LogP contribution in [0.25, 0.3) is 0 Å². The molecule has 0 spiro atoms. The topological polar surface area (TPSA) is 100 Å². The average Bonchev–Trinajstić information content (AvgIpc) is 2.74. The smallest absolute Gasteiger partial charge is 0.490 e. The SMILES string of the molecule is CC(C)(C)OC(=O)O[C@H](COc1ccccc1)CN(CCc1ccc(N)cc1)C(=O)OC(C)(C)C. The average molecular weight is 487 g/mol. The Morgan fingerprint density at radius 1 is 0.886 bits per heavy atom. The Morgan fingerprint density at radius 3 is 2.06 bits per heavy atom. The van der Waals surface area contributed by atoms with Gasteiger partial charge in [0, 0.05) is 12.2 Å². The van der Waals surface area contributed by atoms with Gasteiger partial charge in [-0.15, -0.1) is 0 Å². The van der Waals surface area contributed by atoms with Crippen molar-refractivity contribution in [1.29, 1.82) is 0 Å². The molecule has 1 atom stereocenters. The Bertz CT molecular complexity index is 933. The van der Waals surface area contributed by atoms with Crippen molar-refractivity contribution in [2.45, 2.75) is 65.3 Å². The van der Waals surface area contributed by atoms with Crippen LogP contribution >= 0.6 is 0 Å². The third-order valence-electron chi connectivity index (χ3n) is 4.56. The summed E-state index contributed by atoms with van der Waals surface area (Å²) in [6.07, 6.45) is -1.56. The molecule has 0 fully saturated rings.